The maximum Gasteiger partial charge on any atom is 0.257 e. The summed E-state index contributed by atoms with van der Waals surface area (Å²) in [7, 11) is 0. The van der Waals surface area contributed by atoms with Crippen LogP contribution in [0.15, 0.2) is 65.2 Å². The van der Waals surface area contributed by atoms with Gasteiger partial charge in [-0.3, -0.25) is 9.59 Å². The Morgan fingerprint density at radius 1 is 1.03 bits per heavy atom. The molecule has 0 radical (unpaired) electrons. The third kappa shape index (κ3) is 4.18. The van der Waals surface area contributed by atoms with Gasteiger partial charge >= 0.3 is 0 Å². The summed E-state index contributed by atoms with van der Waals surface area (Å²) in [6.07, 6.45) is 0.0791. The van der Waals surface area contributed by atoms with Crippen molar-refractivity contribution in [3.8, 4) is 11.5 Å². The van der Waals surface area contributed by atoms with E-state index >= 15 is 0 Å². The summed E-state index contributed by atoms with van der Waals surface area (Å²) in [6.45, 7) is 3.44. The molecule has 7 heteroatoms. The molecule has 4 rings (SSSR count). The van der Waals surface area contributed by atoms with E-state index in [1.54, 1.807) is 4.90 Å². The van der Waals surface area contributed by atoms with Crippen LogP contribution in [0.4, 0.5) is 0 Å². The molecule has 29 heavy (non-hydrogen) atoms. The molecule has 1 aliphatic rings. The molecule has 1 aromatic heterocycles. The molecule has 7 nitrogen and oxygen atoms in total. The number of amides is 2. The summed E-state index contributed by atoms with van der Waals surface area (Å²) >= 11 is 0. The highest BCUT2D eigenvalue weighted by molar-refractivity contribution is 5.94. The van der Waals surface area contributed by atoms with Crippen molar-refractivity contribution >= 4 is 11.8 Å². The number of aromatic nitrogens is 2. The van der Waals surface area contributed by atoms with Gasteiger partial charge in [-0.1, -0.05) is 41.6 Å². The van der Waals surface area contributed by atoms with E-state index in [4.69, 9.17) is 4.52 Å². The predicted molar refractivity (Wildman–Crippen MR) is 107 cm³/mol. The van der Waals surface area contributed by atoms with Crippen molar-refractivity contribution < 1.29 is 14.1 Å². The van der Waals surface area contributed by atoms with Crippen LogP contribution in [0.1, 0.15) is 23.1 Å². The molecule has 148 valence electrons. The van der Waals surface area contributed by atoms with E-state index in [2.05, 4.69) is 10.1 Å². The molecular weight excluding hydrogens is 368 g/mol. The monoisotopic (exact) mass is 390 g/mol. The number of carbonyl (C=O) groups is 2. The molecular formula is C22H22N4O3. The molecule has 2 heterocycles. The van der Waals surface area contributed by atoms with E-state index in [-0.39, 0.29) is 24.3 Å². The third-order valence-corrected chi connectivity index (χ3v) is 5.06. The Bertz CT molecular complexity index is 988. The second-order valence-electron chi connectivity index (χ2n) is 7.11. The van der Waals surface area contributed by atoms with Gasteiger partial charge in [-0.2, -0.15) is 4.98 Å². The first-order valence-corrected chi connectivity index (χ1v) is 9.63. The van der Waals surface area contributed by atoms with Crippen molar-refractivity contribution in [2.24, 2.45) is 0 Å². The summed E-state index contributed by atoms with van der Waals surface area (Å²) in [5.41, 5.74) is 1.49. The van der Waals surface area contributed by atoms with Gasteiger partial charge in [0.05, 0.1) is 6.42 Å². The number of rotatable bonds is 4. The summed E-state index contributed by atoms with van der Waals surface area (Å²) < 4.78 is 5.27. The van der Waals surface area contributed by atoms with Gasteiger partial charge in [0.15, 0.2) is 5.82 Å². The molecule has 1 saturated heterocycles. The van der Waals surface area contributed by atoms with Crippen LogP contribution < -0.4 is 0 Å². The molecule has 0 saturated carbocycles. The minimum atomic E-state index is -0.0657. The molecule has 0 bridgehead atoms. The lowest BCUT2D eigenvalue weighted by atomic mass is 10.1. The first-order chi connectivity index (χ1) is 14.1. The number of hydrogen-bond donors (Lipinski definition) is 0. The first kappa shape index (κ1) is 18.9. The van der Waals surface area contributed by atoms with Crippen LogP contribution in [0.25, 0.3) is 11.5 Å². The van der Waals surface area contributed by atoms with Gasteiger partial charge in [0.1, 0.15) is 0 Å². The lowest BCUT2D eigenvalue weighted by Crippen LogP contribution is -2.55. The summed E-state index contributed by atoms with van der Waals surface area (Å²) in [6, 6.07) is 18.6. The zero-order valence-electron chi connectivity index (χ0n) is 16.2. The van der Waals surface area contributed by atoms with E-state index in [0.29, 0.717) is 36.9 Å². The lowest BCUT2D eigenvalue weighted by molar-refractivity contribution is -0.133. The van der Waals surface area contributed by atoms with E-state index in [9.17, 15) is 9.59 Å². The number of nitrogens with zero attached hydrogens (tertiary/aromatic N) is 4. The number of carbonyl (C=O) groups excluding carboxylic acids is 2. The van der Waals surface area contributed by atoms with Gasteiger partial charge < -0.3 is 14.3 Å². The van der Waals surface area contributed by atoms with Crippen LogP contribution in [0.5, 0.6) is 0 Å². The van der Waals surface area contributed by atoms with Crippen molar-refractivity contribution in [1.29, 1.82) is 0 Å². The van der Waals surface area contributed by atoms with E-state index < -0.39 is 0 Å². The van der Waals surface area contributed by atoms with Gasteiger partial charge in [-0.15, -0.1) is 0 Å². The average Bonchev–Trinajstić information content (AvgIpc) is 3.23. The van der Waals surface area contributed by atoms with Crippen LogP contribution in [0, 0.1) is 0 Å². The highest BCUT2D eigenvalue weighted by atomic mass is 16.5. The summed E-state index contributed by atoms with van der Waals surface area (Å²) in [4.78, 5) is 33.3. The molecule has 3 aromatic rings. The summed E-state index contributed by atoms with van der Waals surface area (Å²) in [5, 5.41) is 3.93. The van der Waals surface area contributed by atoms with Crippen LogP contribution in [0.3, 0.4) is 0 Å². The normalized spacial score (nSPS) is 16.7. The van der Waals surface area contributed by atoms with Crippen LogP contribution in [-0.4, -0.2) is 57.4 Å². The van der Waals surface area contributed by atoms with Gasteiger partial charge in [0.25, 0.3) is 11.8 Å². The van der Waals surface area contributed by atoms with Crippen molar-refractivity contribution in [2.45, 2.75) is 19.4 Å². The van der Waals surface area contributed by atoms with Crippen LogP contribution in [-0.2, 0) is 11.2 Å². The van der Waals surface area contributed by atoms with Gasteiger partial charge in [-0.25, -0.2) is 0 Å². The topological polar surface area (TPSA) is 79.5 Å². The fourth-order valence-corrected chi connectivity index (χ4v) is 3.50. The Morgan fingerprint density at radius 2 is 1.72 bits per heavy atom. The average molecular weight is 390 g/mol. The maximum absolute atomic E-state index is 12.7. The molecule has 1 unspecified atom stereocenters. The van der Waals surface area contributed by atoms with Crippen LogP contribution >= 0.6 is 0 Å². The maximum atomic E-state index is 12.7. The van der Waals surface area contributed by atoms with E-state index in [0.717, 1.165) is 5.56 Å². The minimum absolute atomic E-state index is 0.00382. The van der Waals surface area contributed by atoms with Gasteiger partial charge in [-0.05, 0) is 31.2 Å². The van der Waals surface area contributed by atoms with E-state index in [1.807, 2.05) is 72.5 Å². The van der Waals surface area contributed by atoms with Gasteiger partial charge in [0, 0.05) is 36.8 Å². The highest BCUT2D eigenvalue weighted by Crippen LogP contribution is 2.18. The van der Waals surface area contributed by atoms with Crippen molar-refractivity contribution in [2.75, 3.05) is 19.6 Å². The fourth-order valence-electron chi connectivity index (χ4n) is 3.50. The van der Waals surface area contributed by atoms with Crippen LogP contribution in [0.2, 0.25) is 0 Å². The summed E-state index contributed by atoms with van der Waals surface area (Å²) in [5.74, 6) is 0.698. The Hall–Kier alpha value is -3.48. The molecule has 1 fully saturated rings. The molecule has 1 aliphatic heterocycles. The second-order valence-corrected chi connectivity index (χ2v) is 7.11. The minimum Gasteiger partial charge on any atom is -0.338 e. The quantitative estimate of drug-likeness (QED) is 0.684. The lowest BCUT2D eigenvalue weighted by Gasteiger charge is -2.39. The standard InChI is InChI=1S/C22H22N4O3/c1-16-15-25(12-13-26(16)22(28)18-10-6-3-7-11-18)20(27)14-19-23-21(29-24-19)17-8-4-2-5-9-17/h2-11,16H,12-15H2,1H3. The molecule has 0 aliphatic carbocycles. The van der Waals surface area contributed by atoms with Crippen molar-refractivity contribution in [3.63, 3.8) is 0 Å². The SMILES string of the molecule is CC1CN(C(=O)Cc2noc(-c3ccccc3)n2)CCN1C(=O)c1ccccc1. The fraction of sp³-hybridized carbons (Fsp3) is 0.273. The Morgan fingerprint density at radius 3 is 2.41 bits per heavy atom. The molecule has 1 atom stereocenters. The number of benzene rings is 2. The first-order valence-electron chi connectivity index (χ1n) is 9.63. The molecule has 0 N–H and O–H groups in total. The molecule has 2 amide bonds. The Balaban J connectivity index is 1.36. The zero-order valence-corrected chi connectivity index (χ0v) is 16.2. The van der Waals surface area contributed by atoms with Crippen molar-refractivity contribution in [3.05, 3.63) is 72.1 Å². The largest absolute Gasteiger partial charge is 0.338 e. The zero-order chi connectivity index (χ0) is 20.2. The van der Waals surface area contributed by atoms with Crippen molar-refractivity contribution in [1.82, 2.24) is 19.9 Å². The Kier molecular flexibility index (Phi) is 5.37. The van der Waals surface area contributed by atoms with Gasteiger partial charge in [0.2, 0.25) is 5.91 Å². The van der Waals surface area contributed by atoms with E-state index in [1.165, 1.54) is 0 Å². The number of hydrogen-bond acceptors (Lipinski definition) is 5. The molecule has 2 aromatic carbocycles. The number of piperazine rings is 1. The second kappa shape index (κ2) is 8.26. The third-order valence-electron chi connectivity index (χ3n) is 5.06. The predicted octanol–water partition coefficient (Wildman–Crippen LogP) is 2.65. The highest BCUT2D eigenvalue weighted by Gasteiger charge is 2.30. The molecule has 0 spiro atoms. The Labute approximate surface area is 168 Å². The smallest absolute Gasteiger partial charge is 0.257 e.